The summed E-state index contributed by atoms with van der Waals surface area (Å²) in [5.41, 5.74) is 1.19. The predicted molar refractivity (Wildman–Crippen MR) is 114 cm³/mol. The number of carbonyl (C=O) groups excluding carboxylic acids is 1. The van der Waals surface area contributed by atoms with Gasteiger partial charge in [0.05, 0.1) is 23.5 Å². The Morgan fingerprint density at radius 1 is 0.966 bits per heavy atom. The Hall–Kier alpha value is -3.23. The van der Waals surface area contributed by atoms with Gasteiger partial charge in [-0.2, -0.15) is 0 Å². The summed E-state index contributed by atoms with van der Waals surface area (Å²) in [5.74, 6) is -0.384. The highest BCUT2D eigenvalue weighted by Crippen LogP contribution is 2.27. The van der Waals surface area contributed by atoms with Crippen LogP contribution < -0.4 is 10.0 Å². The Bertz CT molecular complexity index is 1260. The van der Waals surface area contributed by atoms with Crippen molar-refractivity contribution in [2.45, 2.75) is 10.8 Å². The zero-order chi connectivity index (χ0) is 20.3. The van der Waals surface area contributed by atoms with E-state index in [2.05, 4.69) is 15.0 Å². The Labute approximate surface area is 172 Å². The molecule has 0 saturated carbocycles. The molecule has 1 amide bonds. The predicted octanol–water partition coefficient (Wildman–Crippen LogP) is 4.03. The molecule has 29 heavy (non-hydrogen) atoms. The van der Waals surface area contributed by atoms with Gasteiger partial charge in [-0.25, -0.2) is 8.42 Å². The van der Waals surface area contributed by atoms with E-state index >= 15 is 0 Å². The molecule has 2 aromatic heterocycles. The fourth-order valence-corrected chi connectivity index (χ4v) is 4.96. The summed E-state index contributed by atoms with van der Waals surface area (Å²) in [6.45, 7) is 0.240. The SMILES string of the molecule is O=C(NCc1ccccn1)c1cc2ccccc2cc1NS(=O)(=O)c1cccs1. The molecular weight excluding hydrogens is 406 g/mol. The fourth-order valence-electron chi connectivity index (χ4n) is 2.89. The minimum atomic E-state index is -3.79. The van der Waals surface area contributed by atoms with Crippen LogP contribution in [-0.2, 0) is 16.6 Å². The van der Waals surface area contributed by atoms with E-state index < -0.39 is 10.0 Å². The maximum absolute atomic E-state index is 12.9. The minimum Gasteiger partial charge on any atom is -0.346 e. The van der Waals surface area contributed by atoms with Gasteiger partial charge in [-0.3, -0.25) is 14.5 Å². The molecule has 6 nitrogen and oxygen atoms in total. The van der Waals surface area contributed by atoms with Crippen molar-refractivity contribution >= 4 is 43.7 Å². The van der Waals surface area contributed by atoms with Crippen LogP contribution >= 0.6 is 11.3 Å². The van der Waals surface area contributed by atoms with Crippen LogP contribution in [-0.4, -0.2) is 19.3 Å². The van der Waals surface area contributed by atoms with Gasteiger partial charge in [-0.15, -0.1) is 11.3 Å². The van der Waals surface area contributed by atoms with Crippen molar-refractivity contribution in [3.63, 3.8) is 0 Å². The van der Waals surface area contributed by atoms with Crippen LogP contribution in [0.25, 0.3) is 10.8 Å². The maximum Gasteiger partial charge on any atom is 0.271 e. The summed E-state index contributed by atoms with van der Waals surface area (Å²) in [6, 6.07) is 19.5. The van der Waals surface area contributed by atoms with Crippen molar-refractivity contribution in [2.75, 3.05) is 4.72 Å². The summed E-state index contributed by atoms with van der Waals surface area (Å²) in [7, 11) is -3.79. The van der Waals surface area contributed by atoms with E-state index in [1.807, 2.05) is 30.3 Å². The molecule has 0 aliphatic carbocycles. The molecule has 0 fully saturated rings. The van der Waals surface area contributed by atoms with Crippen LogP contribution in [0, 0.1) is 0 Å². The summed E-state index contributed by atoms with van der Waals surface area (Å²) in [5, 5.41) is 6.17. The topological polar surface area (TPSA) is 88.2 Å². The third kappa shape index (κ3) is 4.28. The minimum absolute atomic E-state index is 0.186. The van der Waals surface area contributed by atoms with Gasteiger partial charge < -0.3 is 5.32 Å². The number of anilines is 1. The van der Waals surface area contributed by atoms with Gasteiger partial charge in [-0.1, -0.05) is 36.4 Å². The molecule has 0 atom stereocenters. The van der Waals surface area contributed by atoms with Crippen LogP contribution in [0.5, 0.6) is 0 Å². The molecule has 0 aliphatic heterocycles. The largest absolute Gasteiger partial charge is 0.346 e. The van der Waals surface area contributed by atoms with E-state index in [1.165, 1.54) is 6.07 Å². The Balaban J connectivity index is 1.69. The van der Waals surface area contributed by atoms with E-state index in [9.17, 15) is 13.2 Å². The zero-order valence-electron chi connectivity index (χ0n) is 15.2. The number of sulfonamides is 1. The third-order valence-electron chi connectivity index (χ3n) is 4.29. The standard InChI is InChI=1S/C21H17N3O3S2/c25-21(23-14-17-8-3-4-10-22-17)18-12-15-6-1-2-7-16(15)13-19(18)24-29(26,27)20-9-5-11-28-20/h1-13,24H,14H2,(H,23,25). The van der Waals surface area contributed by atoms with E-state index in [4.69, 9.17) is 0 Å². The summed E-state index contributed by atoms with van der Waals surface area (Å²) < 4.78 is 28.2. The first kappa shape index (κ1) is 19.1. The summed E-state index contributed by atoms with van der Waals surface area (Å²) >= 11 is 1.12. The Morgan fingerprint density at radius 3 is 2.41 bits per heavy atom. The molecule has 4 rings (SSSR count). The molecule has 0 spiro atoms. The number of hydrogen-bond acceptors (Lipinski definition) is 5. The van der Waals surface area contributed by atoms with Crippen molar-refractivity contribution in [2.24, 2.45) is 0 Å². The molecule has 4 aromatic rings. The fraction of sp³-hybridized carbons (Fsp3) is 0.0476. The van der Waals surface area contributed by atoms with E-state index in [0.717, 1.165) is 22.1 Å². The van der Waals surface area contributed by atoms with Gasteiger partial charge in [0.25, 0.3) is 15.9 Å². The third-order valence-corrected chi connectivity index (χ3v) is 7.05. The highest BCUT2D eigenvalue weighted by molar-refractivity contribution is 7.94. The molecule has 2 aromatic carbocycles. The van der Waals surface area contributed by atoms with Crippen molar-refractivity contribution in [1.82, 2.24) is 10.3 Å². The lowest BCUT2D eigenvalue weighted by atomic mass is 10.0. The number of pyridine rings is 1. The van der Waals surface area contributed by atoms with Crippen LogP contribution in [0.2, 0.25) is 0 Å². The lowest BCUT2D eigenvalue weighted by Gasteiger charge is -2.14. The average Bonchev–Trinajstić information content (AvgIpc) is 3.28. The number of nitrogens with one attached hydrogen (secondary N) is 2. The lowest BCUT2D eigenvalue weighted by Crippen LogP contribution is -2.25. The van der Waals surface area contributed by atoms with Crippen molar-refractivity contribution in [1.29, 1.82) is 0 Å². The van der Waals surface area contributed by atoms with Gasteiger partial charge in [0.15, 0.2) is 0 Å². The second-order valence-corrected chi connectivity index (χ2v) is 9.14. The van der Waals surface area contributed by atoms with Crippen molar-refractivity contribution < 1.29 is 13.2 Å². The summed E-state index contributed by atoms with van der Waals surface area (Å²) in [6.07, 6.45) is 1.65. The number of carbonyl (C=O) groups is 1. The number of benzene rings is 2. The molecule has 2 heterocycles. The number of nitrogens with zero attached hydrogens (tertiary/aromatic N) is 1. The molecule has 0 radical (unpaired) electrons. The van der Waals surface area contributed by atoms with E-state index in [-0.39, 0.29) is 27.9 Å². The Kier molecular flexibility index (Phi) is 5.28. The van der Waals surface area contributed by atoms with Gasteiger partial charge in [0.2, 0.25) is 0 Å². The van der Waals surface area contributed by atoms with Gasteiger partial charge >= 0.3 is 0 Å². The number of rotatable bonds is 6. The highest BCUT2D eigenvalue weighted by Gasteiger charge is 2.20. The molecule has 8 heteroatoms. The molecule has 146 valence electrons. The number of thiophene rings is 1. The smallest absolute Gasteiger partial charge is 0.271 e. The number of amides is 1. The first-order valence-corrected chi connectivity index (χ1v) is 11.2. The van der Waals surface area contributed by atoms with Crippen LogP contribution in [0.3, 0.4) is 0 Å². The summed E-state index contributed by atoms with van der Waals surface area (Å²) in [4.78, 5) is 17.1. The van der Waals surface area contributed by atoms with Gasteiger partial charge in [0, 0.05) is 6.20 Å². The van der Waals surface area contributed by atoms with Crippen molar-refractivity contribution in [3.8, 4) is 0 Å². The van der Waals surface area contributed by atoms with Crippen LogP contribution in [0.4, 0.5) is 5.69 Å². The first-order valence-electron chi connectivity index (χ1n) is 8.80. The van der Waals surface area contributed by atoms with E-state index in [0.29, 0.717) is 5.69 Å². The molecule has 2 N–H and O–H groups in total. The number of aromatic nitrogens is 1. The quantitative estimate of drug-likeness (QED) is 0.490. The number of fused-ring (bicyclic) bond motifs is 1. The average molecular weight is 424 g/mol. The highest BCUT2D eigenvalue weighted by atomic mass is 32.2. The van der Waals surface area contributed by atoms with Crippen LogP contribution in [0.15, 0.2) is 82.5 Å². The molecule has 0 aliphatic rings. The second-order valence-electron chi connectivity index (χ2n) is 6.29. The lowest BCUT2D eigenvalue weighted by molar-refractivity contribution is 0.0951. The van der Waals surface area contributed by atoms with Crippen LogP contribution in [0.1, 0.15) is 16.1 Å². The molecular formula is C21H17N3O3S2. The second kappa shape index (κ2) is 8.02. The van der Waals surface area contributed by atoms with Gasteiger partial charge in [-0.05, 0) is 46.5 Å². The molecule has 0 bridgehead atoms. The monoisotopic (exact) mass is 423 g/mol. The first-order chi connectivity index (χ1) is 14.0. The molecule has 0 saturated heterocycles. The maximum atomic E-state index is 12.9. The number of hydrogen-bond donors (Lipinski definition) is 2. The normalized spacial score (nSPS) is 11.3. The van der Waals surface area contributed by atoms with Crippen molar-refractivity contribution in [3.05, 3.63) is 89.6 Å². The van der Waals surface area contributed by atoms with Gasteiger partial charge in [0.1, 0.15) is 4.21 Å². The van der Waals surface area contributed by atoms with E-state index in [1.54, 1.807) is 41.9 Å². The molecule has 0 unspecified atom stereocenters. The zero-order valence-corrected chi connectivity index (χ0v) is 16.8. The Morgan fingerprint density at radius 2 is 1.72 bits per heavy atom.